The summed E-state index contributed by atoms with van der Waals surface area (Å²) in [6.07, 6.45) is 1.25. The molecule has 0 atom stereocenters. The molecule has 0 spiro atoms. The maximum atomic E-state index is 11.7. The van der Waals surface area contributed by atoms with Crippen LogP contribution in [-0.2, 0) is 0 Å². The predicted octanol–water partition coefficient (Wildman–Crippen LogP) is 1.03. The van der Waals surface area contributed by atoms with E-state index in [9.17, 15) is 4.79 Å². The van der Waals surface area contributed by atoms with Crippen molar-refractivity contribution in [2.75, 3.05) is 12.4 Å². The topological polar surface area (TPSA) is 90.1 Å². The zero-order valence-electron chi connectivity index (χ0n) is 9.30. The summed E-state index contributed by atoms with van der Waals surface area (Å²) in [5.74, 6) is 0.172. The van der Waals surface area contributed by atoms with E-state index >= 15 is 0 Å². The second-order valence-corrected chi connectivity index (χ2v) is 3.23. The number of hydrogen-bond acceptors (Lipinski definition) is 6. The Kier molecular flexibility index (Phi) is 2.99. The van der Waals surface area contributed by atoms with Gasteiger partial charge in [-0.2, -0.15) is 0 Å². The molecule has 0 saturated heterocycles. The van der Waals surface area contributed by atoms with Crippen molar-refractivity contribution in [2.24, 2.45) is 0 Å². The zero-order valence-corrected chi connectivity index (χ0v) is 9.30. The second-order valence-electron chi connectivity index (χ2n) is 3.23. The number of aromatic nitrogens is 3. The van der Waals surface area contributed by atoms with Crippen molar-refractivity contribution in [1.29, 1.82) is 0 Å². The Morgan fingerprint density at radius 1 is 1.41 bits per heavy atom. The molecule has 88 valence electrons. The lowest BCUT2D eigenvalue weighted by atomic mass is 10.3. The molecule has 0 aliphatic heterocycles. The van der Waals surface area contributed by atoms with E-state index in [4.69, 9.17) is 9.26 Å². The van der Waals surface area contributed by atoms with Crippen LogP contribution in [0.3, 0.4) is 0 Å². The summed E-state index contributed by atoms with van der Waals surface area (Å²) in [6.45, 7) is 1.76. The van der Waals surface area contributed by atoms with Gasteiger partial charge in [0.05, 0.1) is 12.8 Å². The van der Waals surface area contributed by atoms with E-state index in [1.165, 1.54) is 19.5 Å². The van der Waals surface area contributed by atoms with Gasteiger partial charge in [0.25, 0.3) is 5.91 Å². The summed E-state index contributed by atoms with van der Waals surface area (Å²) >= 11 is 0. The number of rotatable bonds is 3. The first-order chi connectivity index (χ1) is 8.19. The third-order valence-electron chi connectivity index (χ3n) is 1.95. The number of carbonyl (C=O) groups excluding carboxylic acids is 1. The largest absolute Gasteiger partial charge is 0.481 e. The van der Waals surface area contributed by atoms with Crippen molar-refractivity contribution in [3.05, 3.63) is 29.8 Å². The molecule has 0 saturated carbocycles. The summed E-state index contributed by atoms with van der Waals surface area (Å²) in [5.41, 5.74) is 0.867. The fraction of sp³-hybridized carbons (Fsp3) is 0.200. The van der Waals surface area contributed by atoms with E-state index < -0.39 is 5.91 Å². The Balaban J connectivity index is 2.14. The van der Waals surface area contributed by atoms with Gasteiger partial charge in [-0.25, -0.2) is 9.97 Å². The fourth-order valence-corrected chi connectivity index (χ4v) is 1.17. The van der Waals surface area contributed by atoms with Gasteiger partial charge in [0, 0.05) is 12.1 Å². The van der Waals surface area contributed by atoms with Crippen LogP contribution >= 0.6 is 0 Å². The third kappa shape index (κ3) is 2.57. The predicted molar refractivity (Wildman–Crippen MR) is 57.8 cm³/mol. The van der Waals surface area contributed by atoms with Gasteiger partial charge in [-0.05, 0) is 6.92 Å². The van der Waals surface area contributed by atoms with Crippen molar-refractivity contribution in [3.8, 4) is 5.88 Å². The van der Waals surface area contributed by atoms with Crippen LogP contribution in [0.4, 0.5) is 5.88 Å². The molecule has 2 aromatic rings. The molecule has 17 heavy (non-hydrogen) atoms. The Morgan fingerprint density at radius 3 is 2.88 bits per heavy atom. The SMILES string of the molecule is COc1cc(C(=O)Nc2cc(C)no2)ncn1. The van der Waals surface area contributed by atoms with Crippen LogP contribution in [0.5, 0.6) is 5.88 Å². The summed E-state index contributed by atoms with van der Waals surface area (Å²) in [4.78, 5) is 19.4. The first kappa shape index (κ1) is 11.1. The Hall–Kier alpha value is -2.44. The first-order valence-electron chi connectivity index (χ1n) is 4.80. The molecule has 1 amide bonds. The molecule has 7 nitrogen and oxygen atoms in total. The highest BCUT2D eigenvalue weighted by atomic mass is 16.5. The van der Waals surface area contributed by atoms with E-state index in [1.54, 1.807) is 13.0 Å². The van der Waals surface area contributed by atoms with Crippen LogP contribution in [0.2, 0.25) is 0 Å². The lowest BCUT2D eigenvalue weighted by Crippen LogP contribution is -2.13. The Labute approximate surface area is 96.8 Å². The second kappa shape index (κ2) is 4.60. The minimum absolute atomic E-state index is 0.186. The van der Waals surface area contributed by atoms with E-state index in [1.807, 2.05) is 0 Å². The van der Waals surface area contributed by atoms with Crippen molar-refractivity contribution in [3.63, 3.8) is 0 Å². The van der Waals surface area contributed by atoms with Gasteiger partial charge in [-0.15, -0.1) is 0 Å². The lowest BCUT2D eigenvalue weighted by molar-refractivity contribution is 0.101. The normalized spacial score (nSPS) is 10.0. The highest BCUT2D eigenvalue weighted by Gasteiger charge is 2.11. The smallest absolute Gasteiger partial charge is 0.276 e. The summed E-state index contributed by atoms with van der Waals surface area (Å²) in [6, 6.07) is 3.04. The number of amides is 1. The number of carbonyl (C=O) groups is 1. The van der Waals surface area contributed by atoms with E-state index in [-0.39, 0.29) is 11.6 Å². The van der Waals surface area contributed by atoms with Crippen LogP contribution < -0.4 is 10.1 Å². The molecule has 0 radical (unpaired) electrons. The van der Waals surface area contributed by atoms with E-state index in [2.05, 4.69) is 20.4 Å². The Bertz CT molecular complexity index is 538. The molecule has 7 heteroatoms. The summed E-state index contributed by atoms with van der Waals surface area (Å²) in [7, 11) is 1.46. The molecule has 0 fully saturated rings. The van der Waals surface area contributed by atoms with Gasteiger partial charge in [0.15, 0.2) is 0 Å². The van der Waals surface area contributed by atoms with Gasteiger partial charge in [0.1, 0.15) is 12.0 Å². The number of anilines is 1. The molecule has 0 bridgehead atoms. The van der Waals surface area contributed by atoms with Crippen LogP contribution in [0, 0.1) is 6.92 Å². The molecule has 2 aromatic heterocycles. The molecular weight excluding hydrogens is 224 g/mol. The van der Waals surface area contributed by atoms with Crippen LogP contribution in [0.25, 0.3) is 0 Å². The molecule has 0 aromatic carbocycles. The van der Waals surface area contributed by atoms with E-state index in [0.717, 1.165) is 0 Å². The number of ether oxygens (including phenoxy) is 1. The average Bonchev–Trinajstić information content (AvgIpc) is 2.75. The number of nitrogens with one attached hydrogen (secondary N) is 1. The number of nitrogens with zero attached hydrogens (tertiary/aromatic N) is 3. The molecule has 2 rings (SSSR count). The highest BCUT2D eigenvalue weighted by molar-refractivity contribution is 6.02. The zero-order chi connectivity index (χ0) is 12.3. The fourth-order valence-electron chi connectivity index (χ4n) is 1.17. The van der Waals surface area contributed by atoms with Crippen molar-refractivity contribution in [2.45, 2.75) is 6.92 Å². The van der Waals surface area contributed by atoms with Crippen molar-refractivity contribution < 1.29 is 14.1 Å². The number of methoxy groups -OCH3 is 1. The molecule has 2 heterocycles. The quantitative estimate of drug-likeness (QED) is 0.853. The van der Waals surface area contributed by atoms with Gasteiger partial charge in [0.2, 0.25) is 11.8 Å². The van der Waals surface area contributed by atoms with Crippen molar-refractivity contribution in [1.82, 2.24) is 15.1 Å². The van der Waals surface area contributed by atoms with Crippen LogP contribution in [0.15, 0.2) is 23.0 Å². The number of aryl methyl sites for hydroxylation is 1. The van der Waals surface area contributed by atoms with Gasteiger partial charge < -0.3 is 9.26 Å². The van der Waals surface area contributed by atoms with Gasteiger partial charge >= 0.3 is 0 Å². The monoisotopic (exact) mass is 234 g/mol. The molecule has 0 aliphatic rings. The first-order valence-corrected chi connectivity index (χ1v) is 4.80. The standard InChI is InChI=1S/C10H10N4O3/c1-6-3-9(17-14-6)13-10(15)7-4-8(16-2)12-5-11-7/h3-5H,1-2H3,(H,13,15). The van der Waals surface area contributed by atoms with Gasteiger partial charge in [-0.1, -0.05) is 5.16 Å². The summed E-state index contributed by atoms with van der Waals surface area (Å²) in [5, 5.41) is 6.17. The van der Waals surface area contributed by atoms with Gasteiger partial charge in [-0.3, -0.25) is 10.1 Å². The van der Waals surface area contributed by atoms with Crippen LogP contribution in [-0.4, -0.2) is 28.1 Å². The molecule has 0 aliphatic carbocycles. The van der Waals surface area contributed by atoms with Crippen LogP contribution in [0.1, 0.15) is 16.2 Å². The molecular formula is C10H10N4O3. The van der Waals surface area contributed by atoms with Crippen molar-refractivity contribution >= 4 is 11.8 Å². The summed E-state index contributed by atoms with van der Waals surface area (Å²) < 4.78 is 9.75. The highest BCUT2D eigenvalue weighted by Crippen LogP contribution is 2.11. The maximum Gasteiger partial charge on any atom is 0.276 e. The average molecular weight is 234 g/mol. The molecule has 1 N–H and O–H groups in total. The minimum atomic E-state index is -0.415. The Morgan fingerprint density at radius 2 is 2.24 bits per heavy atom. The minimum Gasteiger partial charge on any atom is -0.481 e. The maximum absolute atomic E-state index is 11.7. The lowest BCUT2D eigenvalue weighted by Gasteiger charge is -2.01. The van der Waals surface area contributed by atoms with E-state index in [0.29, 0.717) is 11.6 Å². The number of hydrogen-bond donors (Lipinski definition) is 1. The third-order valence-corrected chi connectivity index (χ3v) is 1.95. The molecule has 0 unspecified atom stereocenters.